The van der Waals surface area contributed by atoms with Gasteiger partial charge in [0.1, 0.15) is 0 Å². The fourth-order valence-electron chi connectivity index (χ4n) is 2.02. The van der Waals surface area contributed by atoms with Gasteiger partial charge in [0.25, 0.3) is 0 Å². The van der Waals surface area contributed by atoms with Gasteiger partial charge in [-0.2, -0.15) is 0 Å². The van der Waals surface area contributed by atoms with Crippen LogP contribution >= 0.6 is 15.9 Å². The number of aromatic nitrogens is 1. The Balaban J connectivity index is 1.88. The number of carbonyl (C=O) groups is 1. The Bertz CT molecular complexity index is 402. The summed E-state index contributed by atoms with van der Waals surface area (Å²) >= 11 is 3.42. The third-order valence-corrected chi connectivity index (χ3v) is 3.42. The summed E-state index contributed by atoms with van der Waals surface area (Å²) in [6, 6.07) is 2.09. The smallest absolute Gasteiger partial charge is 0.219 e. The Labute approximate surface area is 110 Å². The number of carbonyl (C=O) groups excluding carboxylic acids is 1. The Hall–Kier alpha value is -0.940. The first kappa shape index (κ1) is 12.5. The minimum Gasteiger partial charge on any atom is -0.340 e. The summed E-state index contributed by atoms with van der Waals surface area (Å²) in [6.45, 7) is 6.07. The van der Waals surface area contributed by atoms with Crippen LogP contribution in [-0.2, 0) is 11.3 Å². The normalized spacial score (nSPS) is 17.2. The number of hydrogen-bond donors (Lipinski definition) is 0. The lowest BCUT2D eigenvalue weighted by molar-refractivity contribution is -0.130. The molecule has 4 nitrogen and oxygen atoms in total. The number of pyridine rings is 1. The molecule has 1 amide bonds. The van der Waals surface area contributed by atoms with Gasteiger partial charge in [0.2, 0.25) is 5.91 Å². The van der Waals surface area contributed by atoms with Crippen LogP contribution in [0.3, 0.4) is 0 Å². The Morgan fingerprint density at radius 1 is 1.35 bits per heavy atom. The fourth-order valence-corrected chi connectivity index (χ4v) is 2.43. The highest BCUT2D eigenvalue weighted by Crippen LogP contribution is 2.12. The average molecular weight is 298 g/mol. The minimum absolute atomic E-state index is 0.175. The third-order valence-electron chi connectivity index (χ3n) is 2.99. The van der Waals surface area contributed by atoms with Crippen molar-refractivity contribution >= 4 is 21.8 Å². The second kappa shape index (κ2) is 5.60. The number of piperazine rings is 1. The van der Waals surface area contributed by atoms with E-state index in [4.69, 9.17) is 0 Å². The van der Waals surface area contributed by atoms with E-state index in [9.17, 15) is 4.79 Å². The third kappa shape index (κ3) is 3.51. The Morgan fingerprint density at radius 2 is 2.06 bits per heavy atom. The predicted octanol–water partition coefficient (Wildman–Crippen LogP) is 1.51. The number of amides is 1. The van der Waals surface area contributed by atoms with E-state index in [1.165, 1.54) is 5.56 Å². The Morgan fingerprint density at radius 3 is 2.65 bits per heavy atom. The Kier molecular flexibility index (Phi) is 4.12. The summed E-state index contributed by atoms with van der Waals surface area (Å²) in [5.41, 5.74) is 1.20. The molecule has 92 valence electrons. The van der Waals surface area contributed by atoms with Crippen LogP contribution < -0.4 is 0 Å². The molecule has 0 unspecified atom stereocenters. The number of halogens is 1. The first-order valence-electron chi connectivity index (χ1n) is 5.72. The molecule has 0 bridgehead atoms. The summed E-state index contributed by atoms with van der Waals surface area (Å²) < 4.78 is 1.01. The van der Waals surface area contributed by atoms with Crippen molar-refractivity contribution in [3.8, 4) is 0 Å². The molecule has 1 fully saturated rings. The van der Waals surface area contributed by atoms with Crippen molar-refractivity contribution in [2.45, 2.75) is 13.5 Å². The van der Waals surface area contributed by atoms with Crippen LogP contribution in [0.4, 0.5) is 0 Å². The molecular formula is C12H16BrN3O. The zero-order chi connectivity index (χ0) is 12.3. The number of rotatable bonds is 2. The lowest BCUT2D eigenvalue weighted by Gasteiger charge is -2.34. The number of hydrogen-bond acceptors (Lipinski definition) is 3. The van der Waals surface area contributed by atoms with Crippen molar-refractivity contribution < 1.29 is 4.79 Å². The molecule has 0 aromatic carbocycles. The van der Waals surface area contributed by atoms with E-state index in [0.29, 0.717) is 0 Å². The first-order chi connectivity index (χ1) is 8.15. The lowest BCUT2D eigenvalue weighted by Crippen LogP contribution is -2.47. The molecule has 0 aliphatic carbocycles. The molecule has 0 atom stereocenters. The van der Waals surface area contributed by atoms with Gasteiger partial charge in [-0.3, -0.25) is 14.7 Å². The maximum absolute atomic E-state index is 11.2. The zero-order valence-electron chi connectivity index (χ0n) is 9.90. The fraction of sp³-hybridized carbons (Fsp3) is 0.500. The van der Waals surface area contributed by atoms with Gasteiger partial charge >= 0.3 is 0 Å². The molecule has 2 heterocycles. The van der Waals surface area contributed by atoms with Gasteiger partial charge < -0.3 is 4.90 Å². The summed E-state index contributed by atoms with van der Waals surface area (Å²) in [6.07, 6.45) is 3.68. The largest absolute Gasteiger partial charge is 0.340 e. The molecule has 1 saturated heterocycles. The summed E-state index contributed by atoms with van der Waals surface area (Å²) in [5.74, 6) is 0.175. The highest BCUT2D eigenvalue weighted by molar-refractivity contribution is 9.10. The first-order valence-corrected chi connectivity index (χ1v) is 6.52. The van der Waals surface area contributed by atoms with Crippen molar-refractivity contribution in [1.82, 2.24) is 14.8 Å². The number of nitrogens with zero attached hydrogens (tertiary/aromatic N) is 3. The molecule has 0 saturated carbocycles. The van der Waals surface area contributed by atoms with Gasteiger partial charge in [-0.25, -0.2) is 0 Å². The zero-order valence-corrected chi connectivity index (χ0v) is 11.5. The standard InChI is InChI=1S/C12H16BrN3O/c1-10(17)16-4-2-15(3-5-16)9-11-6-12(13)8-14-7-11/h6-8H,2-5,9H2,1H3. The SMILES string of the molecule is CC(=O)N1CCN(Cc2cncc(Br)c2)CC1. The quantitative estimate of drug-likeness (QED) is 0.830. The van der Waals surface area contributed by atoms with Crippen molar-refractivity contribution in [1.29, 1.82) is 0 Å². The topological polar surface area (TPSA) is 36.4 Å². The van der Waals surface area contributed by atoms with Gasteiger partial charge in [-0.05, 0) is 27.6 Å². The molecular weight excluding hydrogens is 282 g/mol. The summed E-state index contributed by atoms with van der Waals surface area (Å²) in [4.78, 5) is 19.6. The van der Waals surface area contributed by atoms with Gasteiger partial charge in [-0.15, -0.1) is 0 Å². The molecule has 0 N–H and O–H groups in total. The van der Waals surface area contributed by atoms with Gasteiger partial charge in [0.15, 0.2) is 0 Å². The van der Waals surface area contributed by atoms with Gasteiger partial charge in [-0.1, -0.05) is 0 Å². The van der Waals surface area contributed by atoms with E-state index in [0.717, 1.165) is 37.2 Å². The molecule has 2 rings (SSSR count). The van der Waals surface area contributed by atoms with E-state index in [1.54, 1.807) is 13.1 Å². The average Bonchev–Trinajstić information content (AvgIpc) is 2.29. The van der Waals surface area contributed by atoms with Crippen molar-refractivity contribution in [3.05, 3.63) is 28.5 Å². The van der Waals surface area contributed by atoms with E-state index in [1.807, 2.05) is 11.1 Å². The highest BCUT2D eigenvalue weighted by Gasteiger charge is 2.18. The van der Waals surface area contributed by atoms with E-state index in [2.05, 4.69) is 31.9 Å². The molecule has 1 aliphatic heterocycles. The van der Waals surface area contributed by atoms with E-state index in [-0.39, 0.29) is 5.91 Å². The second-order valence-corrected chi connectivity index (χ2v) is 5.21. The van der Waals surface area contributed by atoms with Gasteiger partial charge in [0, 0.05) is 56.5 Å². The van der Waals surface area contributed by atoms with Crippen LogP contribution in [-0.4, -0.2) is 46.9 Å². The van der Waals surface area contributed by atoms with Crippen LogP contribution in [0.15, 0.2) is 22.9 Å². The van der Waals surface area contributed by atoms with Crippen molar-refractivity contribution in [2.75, 3.05) is 26.2 Å². The van der Waals surface area contributed by atoms with Crippen LogP contribution in [0, 0.1) is 0 Å². The molecule has 0 spiro atoms. The van der Waals surface area contributed by atoms with E-state index >= 15 is 0 Å². The van der Waals surface area contributed by atoms with Crippen LogP contribution in [0.1, 0.15) is 12.5 Å². The van der Waals surface area contributed by atoms with Crippen molar-refractivity contribution in [2.24, 2.45) is 0 Å². The maximum atomic E-state index is 11.2. The van der Waals surface area contributed by atoms with Crippen LogP contribution in [0.5, 0.6) is 0 Å². The monoisotopic (exact) mass is 297 g/mol. The predicted molar refractivity (Wildman–Crippen MR) is 69.5 cm³/mol. The molecule has 1 aliphatic rings. The second-order valence-electron chi connectivity index (χ2n) is 4.29. The highest BCUT2D eigenvalue weighted by atomic mass is 79.9. The van der Waals surface area contributed by atoms with Crippen LogP contribution in [0.2, 0.25) is 0 Å². The minimum atomic E-state index is 0.175. The molecule has 1 aromatic heterocycles. The van der Waals surface area contributed by atoms with Crippen LogP contribution in [0.25, 0.3) is 0 Å². The van der Waals surface area contributed by atoms with Crippen molar-refractivity contribution in [3.63, 3.8) is 0 Å². The van der Waals surface area contributed by atoms with Gasteiger partial charge in [0.05, 0.1) is 0 Å². The maximum Gasteiger partial charge on any atom is 0.219 e. The molecule has 0 radical (unpaired) electrons. The molecule has 5 heteroatoms. The lowest BCUT2D eigenvalue weighted by atomic mass is 10.2. The summed E-state index contributed by atoms with van der Waals surface area (Å²) in [7, 11) is 0. The summed E-state index contributed by atoms with van der Waals surface area (Å²) in [5, 5.41) is 0. The molecule has 1 aromatic rings. The molecule has 17 heavy (non-hydrogen) atoms. The van der Waals surface area contributed by atoms with E-state index < -0.39 is 0 Å².